The number of aromatic nitrogens is 1. The lowest BCUT2D eigenvalue weighted by molar-refractivity contribution is -0.117. The van der Waals surface area contributed by atoms with Crippen LogP contribution in [-0.2, 0) is 9.53 Å². The van der Waals surface area contributed by atoms with Gasteiger partial charge in [-0.25, -0.2) is 0 Å². The molecule has 1 saturated heterocycles. The van der Waals surface area contributed by atoms with E-state index in [9.17, 15) is 13.6 Å². The summed E-state index contributed by atoms with van der Waals surface area (Å²) in [5.74, 6) is -2.24. The second-order valence-corrected chi connectivity index (χ2v) is 4.55. The number of pyridine rings is 1. The van der Waals surface area contributed by atoms with Gasteiger partial charge in [-0.2, -0.15) is 13.8 Å². The van der Waals surface area contributed by atoms with Crippen molar-refractivity contribution in [2.24, 2.45) is 0 Å². The molecule has 0 aromatic carbocycles. The number of nitrogens with one attached hydrogen (secondary N) is 1. The SMILES string of the molecule is O=C(CCC1CCCCO1)Nc1ccc(F)nc1F. The van der Waals surface area contributed by atoms with Gasteiger partial charge in [0.1, 0.15) is 0 Å². The molecular weight excluding hydrogens is 254 g/mol. The maximum Gasteiger partial charge on any atom is 0.239 e. The number of halogens is 2. The Balaban J connectivity index is 1.80. The smallest absolute Gasteiger partial charge is 0.239 e. The van der Waals surface area contributed by atoms with Crippen molar-refractivity contribution in [3.05, 3.63) is 24.0 Å². The van der Waals surface area contributed by atoms with Gasteiger partial charge in [0.05, 0.1) is 11.8 Å². The molecule has 1 aliphatic rings. The molecule has 1 aliphatic heterocycles. The molecule has 104 valence electrons. The third-order valence-corrected chi connectivity index (χ3v) is 3.06. The molecule has 1 aromatic rings. The van der Waals surface area contributed by atoms with Gasteiger partial charge < -0.3 is 10.1 Å². The van der Waals surface area contributed by atoms with Gasteiger partial charge in [0, 0.05) is 13.0 Å². The van der Waals surface area contributed by atoms with Gasteiger partial charge in [0.2, 0.25) is 17.8 Å². The zero-order valence-electron chi connectivity index (χ0n) is 10.5. The molecule has 0 saturated carbocycles. The predicted molar refractivity (Wildman–Crippen MR) is 65.6 cm³/mol. The van der Waals surface area contributed by atoms with E-state index in [1.54, 1.807) is 0 Å². The first kappa shape index (κ1) is 13.9. The fraction of sp³-hybridized carbons (Fsp3) is 0.538. The fourth-order valence-corrected chi connectivity index (χ4v) is 2.05. The number of nitrogens with zero attached hydrogens (tertiary/aromatic N) is 1. The first-order valence-corrected chi connectivity index (χ1v) is 6.38. The predicted octanol–water partition coefficient (Wildman–Crippen LogP) is 2.65. The maximum absolute atomic E-state index is 13.2. The summed E-state index contributed by atoms with van der Waals surface area (Å²) in [7, 11) is 0. The highest BCUT2D eigenvalue weighted by Gasteiger charge is 2.16. The van der Waals surface area contributed by atoms with E-state index in [0.29, 0.717) is 6.42 Å². The number of ether oxygens (including phenoxy) is 1. The molecule has 1 fully saturated rings. The number of anilines is 1. The van der Waals surface area contributed by atoms with E-state index in [1.165, 1.54) is 0 Å². The molecule has 1 aromatic heterocycles. The van der Waals surface area contributed by atoms with Gasteiger partial charge in [-0.15, -0.1) is 0 Å². The molecule has 1 atom stereocenters. The summed E-state index contributed by atoms with van der Waals surface area (Å²) >= 11 is 0. The van der Waals surface area contributed by atoms with Crippen LogP contribution in [0.5, 0.6) is 0 Å². The van der Waals surface area contributed by atoms with Gasteiger partial charge in [0.15, 0.2) is 0 Å². The minimum atomic E-state index is -1.01. The molecule has 1 N–H and O–H groups in total. The van der Waals surface area contributed by atoms with Crippen molar-refractivity contribution in [2.75, 3.05) is 11.9 Å². The Morgan fingerprint density at radius 1 is 1.42 bits per heavy atom. The summed E-state index contributed by atoms with van der Waals surface area (Å²) in [5.41, 5.74) is -0.101. The van der Waals surface area contributed by atoms with Crippen LogP contribution in [0, 0.1) is 11.9 Å². The average Bonchev–Trinajstić information content (AvgIpc) is 2.41. The molecule has 6 heteroatoms. The molecule has 0 aliphatic carbocycles. The number of carbonyl (C=O) groups excluding carboxylic acids is 1. The van der Waals surface area contributed by atoms with Gasteiger partial charge >= 0.3 is 0 Å². The van der Waals surface area contributed by atoms with Crippen LogP contribution in [0.1, 0.15) is 32.1 Å². The largest absolute Gasteiger partial charge is 0.378 e. The second-order valence-electron chi connectivity index (χ2n) is 4.55. The van der Waals surface area contributed by atoms with E-state index in [0.717, 1.165) is 38.0 Å². The van der Waals surface area contributed by atoms with Crippen LogP contribution in [0.2, 0.25) is 0 Å². The summed E-state index contributed by atoms with van der Waals surface area (Å²) in [6, 6.07) is 2.16. The molecule has 2 rings (SSSR count). The minimum absolute atomic E-state index is 0.101. The number of carbonyl (C=O) groups is 1. The van der Waals surface area contributed by atoms with Gasteiger partial charge in [-0.3, -0.25) is 4.79 Å². The Morgan fingerprint density at radius 2 is 2.26 bits per heavy atom. The minimum Gasteiger partial charge on any atom is -0.378 e. The van der Waals surface area contributed by atoms with Crippen molar-refractivity contribution < 1.29 is 18.3 Å². The average molecular weight is 270 g/mol. The highest BCUT2D eigenvalue weighted by molar-refractivity contribution is 5.90. The molecule has 0 bridgehead atoms. The molecule has 19 heavy (non-hydrogen) atoms. The Hall–Kier alpha value is -1.56. The fourth-order valence-electron chi connectivity index (χ4n) is 2.05. The van der Waals surface area contributed by atoms with Gasteiger partial charge in [-0.1, -0.05) is 0 Å². The van der Waals surface area contributed by atoms with Crippen molar-refractivity contribution in [1.29, 1.82) is 0 Å². The number of rotatable bonds is 4. The highest BCUT2D eigenvalue weighted by atomic mass is 19.1. The van der Waals surface area contributed by atoms with E-state index in [4.69, 9.17) is 4.74 Å². The third kappa shape index (κ3) is 4.24. The van der Waals surface area contributed by atoms with Crippen LogP contribution in [0.3, 0.4) is 0 Å². The number of amides is 1. The summed E-state index contributed by atoms with van der Waals surface area (Å²) in [6.45, 7) is 0.739. The lowest BCUT2D eigenvalue weighted by atomic mass is 10.0. The Morgan fingerprint density at radius 3 is 2.95 bits per heavy atom. The van der Waals surface area contributed by atoms with Crippen molar-refractivity contribution in [3.63, 3.8) is 0 Å². The van der Waals surface area contributed by atoms with Crippen LogP contribution >= 0.6 is 0 Å². The van der Waals surface area contributed by atoms with Crippen LogP contribution in [-0.4, -0.2) is 23.6 Å². The molecule has 1 unspecified atom stereocenters. The lowest BCUT2D eigenvalue weighted by Gasteiger charge is -2.22. The third-order valence-electron chi connectivity index (χ3n) is 3.06. The quantitative estimate of drug-likeness (QED) is 0.856. The molecule has 2 heterocycles. The monoisotopic (exact) mass is 270 g/mol. The Kier molecular flexibility index (Phi) is 4.79. The summed E-state index contributed by atoms with van der Waals surface area (Å²) in [5, 5.41) is 2.38. The van der Waals surface area contributed by atoms with Crippen molar-refractivity contribution in [3.8, 4) is 0 Å². The Labute approximate surface area is 110 Å². The number of hydrogen-bond acceptors (Lipinski definition) is 3. The van der Waals surface area contributed by atoms with Crippen LogP contribution in [0.15, 0.2) is 12.1 Å². The molecule has 0 spiro atoms. The van der Waals surface area contributed by atoms with E-state index in [2.05, 4.69) is 10.3 Å². The van der Waals surface area contributed by atoms with E-state index < -0.39 is 11.9 Å². The van der Waals surface area contributed by atoms with Crippen LogP contribution < -0.4 is 5.32 Å². The standard InChI is InChI=1S/C13H16F2N2O2/c14-11-6-5-10(13(15)17-11)16-12(18)7-4-9-3-1-2-8-19-9/h5-6,9H,1-4,7-8H2,(H,16,18). The number of hydrogen-bond donors (Lipinski definition) is 1. The molecule has 4 nitrogen and oxygen atoms in total. The first-order valence-electron chi connectivity index (χ1n) is 6.38. The van der Waals surface area contributed by atoms with E-state index in [1.807, 2.05) is 0 Å². The lowest BCUT2D eigenvalue weighted by Crippen LogP contribution is -2.22. The van der Waals surface area contributed by atoms with Crippen LogP contribution in [0.4, 0.5) is 14.5 Å². The summed E-state index contributed by atoms with van der Waals surface area (Å²) in [6.07, 6.45) is 4.11. The van der Waals surface area contributed by atoms with Crippen molar-refractivity contribution in [2.45, 2.75) is 38.2 Å². The summed E-state index contributed by atoms with van der Waals surface area (Å²) < 4.78 is 31.3. The zero-order valence-corrected chi connectivity index (χ0v) is 10.5. The zero-order chi connectivity index (χ0) is 13.7. The normalized spacial score (nSPS) is 19.2. The molecular formula is C13H16F2N2O2. The van der Waals surface area contributed by atoms with Crippen molar-refractivity contribution >= 4 is 11.6 Å². The summed E-state index contributed by atoms with van der Waals surface area (Å²) in [4.78, 5) is 14.6. The highest BCUT2D eigenvalue weighted by Crippen LogP contribution is 2.18. The van der Waals surface area contributed by atoms with E-state index >= 15 is 0 Å². The van der Waals surface area contributed by atoms with Gasteiger partial charge in [0.25, 0.3) is 0 Å². The van der Waals surface area contributed by atoms with Crippen molar-refractivity contribution in [1.82, 2.24) is 4.98 Å². The van der Waals surface area contributed by atoms with Crippen LogP contribution in [0.25, 0.3) is 0 Å². The van der Waals surface area contributed by atoms with Gasteiger partial charge in [-0.05, 0) is 37.8 Å². The first-order chi connectivity index (χ1) is 9.15. The molecule has 1 amide bonds. The topological polar surface area (TPSA) is 51.2 Å². The molecule has 0 radical (unpaired) electrons. The second kappa shape index (κ2) is 6.56. The van der Waals surface area contributed by atoms with E-state index in [-0.39, 0.29) is 24.1 Å². The maximum atomic E-state index is 13.2. The Bertz CT molecular complexity index is 448.